The lowest BCUT2D eigenvalue weighted by molar-refractivity contribution is -0.145. The summed E-state index contributed by atoms with van der Waals surface area (Å²) in [6, 6.07) is 6.16. The Bertz CT molecular complexity index is 1250. The highest BCUT2D eigenvalue weighted by molar-refractivity contribution is 6.33. The van der Waals surface area contributed by atoms with Gasteiger partial charge in [0.05, 0.1) is 22.9 Å². The number of carbonyl (C=O) groups excluding carboxylic acids is 1. The molecule has 0 saturated heterocycles. The van der Waals surface area contributed by atoms with Gasteiger partial charge in [-0.15, -0.1) is 0 Å². The maximum atomic E-state index is 13.0. The van der Waals surface area contributed by atoms with Crippen molar-refractivity contribution in [1.82, 2.24) is 9.55 Å². The summed E-state index contributed by atoms with van der Waals surface area (Å²) in [6.07, 6.45) is -1.71. The number of hydrogen-bond acceptors (Lipinski definition) is 6. The Hall–Kier alpha value is -3.53. The molecule has 34 heavy (non-hydrogen) atoms. The van der Waals surface area contributed by atoms with Gasteiger partial charge in [-0.2, -0.15) is 13.2 Å². The maximum absolute atomic E-state index is 13.0. The monoisotopic (exact) mass is 495 g/mol. The zero-order chi connectivity index (χ0) is 25.0. The number of ether oxygens (including phenoxy) is 2. The Labute approximate surface area is 198 Å². The second-order valence-electron chi connectivity index (χ2n) is 7.27. The average Bonchev–Trinajstić information content (AvgIpc) is 2.75. The van der Waals surface area contributed by atoms with E-state index in [1.807, 2.05) is 0 Å². The molecule has 1 aromatic heterocycles. The van der Waals surface area contributed by atoms with Crippen LogP contribution in [0.15, 0.2) is 47.5 Å². The van der Waals surface area contributed by atoms with Gasteiger partial charge in [-0.05, 0) is 62.2 Å². The van der Waals surface area contributed by atoms with Crippen LogP contribution in [0.4, 0.5) is 24.7 Å². The number of anilines is 2. The minimum atomic E-state index is -4.54. The first kappa shape index (κ1) is 25.1. The van der Waals surface area contributed by atoms with Crippen LogP contribution in [0.1, 0.15) is 23.6 Å². The topological polar surface area (TPSA) is 82.4 Å². The molecule has 0 fully saturated rings. The van der Waals surface area contributed by atoms with Gasteiger partial charge in [0.15, 0.2) is 12.4 Å². The molecular weight excluding hydrogens is 475 g/mol. The molecule has 0 bridgehead atoms. The van der Waals surface area contributed by atoms with Gasteiger partial charge in [0.1, 0.15) is 5.75 Å². The lowest BCUT2D eigenvalue weighted by Gasteiger charge is -2.15. The van der Waals surface area contributed by atoms with E-state index in [9.17, 15) is 22.8 Å². The number of halogens is 4. The number of carbonyl (C=O) groups is 1. The van der Waals surface area contributed by atoms with Gasteiger partial charge in [-0.1, -0.05) is 11.6 Å². The Morgan fingerprint density at radius 2 is 1.85 bits per heavy atom. The Balaban J connectivity index is 1.89. The van der Waals surface area contributed by atoms with Crippen LogP contribution in [0.2, 0.25) is 5.02 Å². The summed E-state index contributed by atoms with van der Waals surface area (Å²) in [6.45, 7) is 5.24. The van der Waals surface area contributed by atoms with Gasteiger partial charge in [0, 0.05) is 18.1 Å². The van der Waals surface area contributed by atoms with E-state index in [2.05, 4.69) is 10.3 Å². The van der Waals surface area contributed by atoms with Crippen molar-refractivity contribution in [3.05, 3.63) is 74.8 Å². The number of benzene rings is 2. The van der Waals surface area contributed by atoms with Crippen molar-refractivity contribution < 1.29 is 27.4 Å². The predicted molar refractivity (Wildman–Crippen MR) is 121 cm³/mol. The minimum Gasteiger partial charge on any atom is -0.481 e. The van der Waals surface area contributed by atoms with E-state index < -0.39 is 23.3 Å². The second-order valence-corrected chi connectivity index (χ2v) is 7.68. The molecule has 0 aliphatic rings. The molecule has 3 aromatic rings. The van der Waals surface area contributed by atoms with Gasteiger partial charge in [0.2, 0.25) is 0 Å². The molecule has 180 valence electrons. The quantitative estimate of drug-likeness (QED) is 0.453. The van der Waals surface area contributed by atoms with Gasteiger partial charge < -0.3 is 14.8 Å². The lowest BCUT2D eigenvalue weighted by atomic mass is 10.1. The molecule has 0 radical (unpaired) electrons. The third-order valence-electron chi connectivity index (χ3n) is 4.75. The number of nitrogens with one attached hydrogen (secondary N) is 1. The SMILES string of the molecule is CCOC(=O)COc1c(C)cc(-n2ccnc(Nc3ccc(C(F)(F)F)cc3Cl)c2=O)cc1C. The van der Waals surface area contributed by atoms with Crippen LogP contribution in [-0.2, 0) is 15.7 Å². The summed E-state index contributed by atoms with van der Waals surface area (Å²) in [4.78, 5) is 28.6. The fourth-order valence-corrected chi connectivity index (χ4v) is 3.48. The number of nitrogens with zero attached hydrogens (tertiary/aromatic N) is 2. The molecule has 7 nitrogen and oxygen atoms in total. The third-order valence-corrected chi connectivity index (χ3v) is 5.07. The normalized spacial score (nSPS) is 11.3. The summed E-state index contributed by atoms with van der Waals surface area (Å²) in [7, 11) is 0. The van der Waals surface area contributed by atoms with Gasteiger partial charge in [-0.3, -0.25) is 9.36 Å². The predicted octanol–water partition coefficient (Wildman–Crippen LogP) is 5.21. The third kappa shape index (κ3) is 5.69. The molecule has 0 atom stereocenters. The fourth-order valence-electron chi connectivity index (χ4n) is 3.25. The molecule has 1 N–H and O–H groups in total. The van der Waals surface area contributed by atoms with Gasteiger partial charge in [-0.25, -0.2) is 9.78 Å². The van der Waals surface area contributed by atoms with Crippen molar-refractivity contribution in [2.24, 2.45) is 0 Å². The number of aromatic nitrogens is 2. The first-order valence-corrected chi connectivity index (χ1v) is 10.5. The van der Waals surface area contributed by atoms with Crippen molar-refractivity contribution in [2.45, 2.75) is 26.9 Å². The van der Waals surface area contributed by atoms with Crippen LogP contribution in [0.25, 0.3) is 5.69 Å². The van der Waals surface area contributed by atoms with Crippen LogP contribution >= 0.6 is 11.6 Å². The van der Waals surface area contributed by atoms with E-state index in [4.69, 9.17) is 21.1 Å². The van der Waals surface area contributed by atoms with E-state index >= 15 is 0 Å². The van der Waals surface area contributed by atoms with Crippen molar-refractivity contribution in [1.29, 1.82) is 0 Å². The molecule has 0 aliphatic carbocycles. The first-order valence-electron chi connectivity index (χ1n) is 10.1. The number of hydrogen-bond donors (Lipinski definition) is 1. The molecule has 3 rings (SSSR count). The fraction of sp³-hybridized carbons (Fsp3) is 0.261. The number of esters is 1. The summed E-state index contributed by atoms with van der Waals surface area (Å²) >= 11 is 5.98. The molecule has 0 saturated carbocycles. The zero-order valence-electron chi connectivity index (χ0n) is 18.5. The highest BCUT2D eigenvalue weighted by Gasteiger charge is 2.31. The average molecular weight is 496 g/mol. The molecule has 0 unspecified atom stereocenters. The van der Waals surface area contributed by atoms with Gasteiger partial charge >= 0.3 is 12.1 Å². The molecule has 0 aliphatic heterocycles. The zero-order valence-corrected chi connectivity index (χ0v) is 19.3. The van der Waals surface area contributed by atoms with E-state index in [-0.39, 0.29) is 29.7 Å². The van der Waals surface area contributed by atoms with Crippen LogP contribution < -0.4 is 15.6 Å². The molecule has 0 amide bonds. The Kier molecular flexibility index (Phi) is 7.51. The molecular formula is C23H21ClF3N3O4. The standard InChI is InChI=1S/C23H21ClF3N3O4/c1-4-33-19(31)12-34-20-13(2)9-16(10-14(20)3)30-8-7-28-21(22(30)32)29-18-6-5-15(11-17(18)24)23(25,26)27/h5-11H,4,12H2,1-3H3,(H,28,29). The van der Waals surface area contributed by atoms with Crippen LogP contribution in [0.5, 0.6) is 5.75 Å². The molecule has 1 heterocycles. The largest absolute Gasteiger partial charge is 0.481 e. The summed E-state index contributed by atoms with van der Waals surface area (Å²) < 4.78 is 50.4. The maximum Gasteiger partial charge on any atom is 0.416 e. The van der Waals surface area contributed by atoms with Crippen molar-refractivity contribution >= 4 is 29.1 Å². The second kappa shape index (κ2) is 10.2. The number of alkyl halides is 3. The Morgan fingerprint density at radius 3 is 2.44 bits per heavy atom. The van der Waals surface area contributed by atoms with Crippen LogP contribution in [0.3, 0.4) is 0 Å². The Morgan fingerprint density at radius 1 is 1.18 bits per heavy atom. The summed E-state index contributed by atoms with van der Waals surface area (Å²) in [5.41, 5.74) is 0.529. The highest BCUT2D eigenvalue weighted by atomic mass is 35.5. The smallest absolute Gasteiger partial charge is 0.416 e. The van der Waals surface area contributed by atoms with Crippen molar-refractivity contribution in [3.8, 4) is 11.4 Å². The van der Waals surface area contributed by atoms with Crippen molar-refractivity contribution in [3.63, 3.8) is 0 Å². The lowest BCUT2D eigenvalue weighted by Crippen LogP contribution is -2.22. The van der Waals surface area contributed by atoms with E-state index in [1.165, 1.54) is 17.0 Å². The van der Waals surface area contributed by atoms with E-state index in [1.54, 1.807) is 32.9 Å². The molecule has 0 spiro atoms. The first-order chi connectivity index (χ1) is 16.0. The summed E-state index contributed by atoms with van der Waals surface area (Å²) in [5, 5.41) is 2.49. The molecule has 11 heteroatoms. The van der Waals surface area contributed by atoms with Crippen LogP contribution in [0, 0.1) is 13.8 Å². The van der Waals surface area contributed by atoms with Crippen LogP contribution in [-0.4, -0.2) is 28.7 Å². The number of rotatable bonds is 7. The van der Waals surface area contributed by atoms with E-state index in [0.717, 1.165) is 18.2 Å². The molecule has 2 aromatic carbocycles. The summed E-state index contributed by atoms with van der Waals surface area (Å²) in [5.74, 6) is -0.121. The van der Waals surface area contributed by atoms with Gasteiger partial charge in [0.25, 0.3) is 5.56 Å². The minimum absolute atomic E-state index is 0.104. The van der Waals surface area contributed by atoms with Crippen molar-refractivity contribution in [2.75, 3.05) is 18.5 Å². The number of aryl methyl sites for hydroxylation is 2. The highest BCUT2D eigenvalue weighted by Crippen LogP contribution is 2.34. The van der Waals surface area contributed by atoms with E-state index in [0.29, 0.717) is 22.6 Å².